The molecule has 0 saturated carbocycles. The van der Waals surface area contributed by atoms with Crippen LogP contribution in [0.15, 0.2) is 0 Å². The monoisotopic (exact) mass is 304 g/mol. The lowest BCUT2D eigenvalue weighted by Crippen LogP contribution is -2.54. The van der Waals surface area contributed by atoms with Gasteiger partial charge in [-0.15, -0.1) is 12.4 Å². The highest BCUT2D eigenvalue weighted by Crippen LogP contribution is 2.24. The molecule has 0 bridgehead atoms. The summed E-state index contributed by atoms with van der Waals surface area (Å²) >= 11 is 0. The van der Waals surface area contributed by atoms with Gasteiger partial charge in [-0.3, -0.25) is 4.79 Å². The average molecular weight is 305 g/mol. The second kappa shape index (κ2) is 8.85. The van der Waals surface area contributed by atoms with Crippen molar-refractivity contribution in [3.8, 4) is 0 Å². The maximum absolute atomic E-state index is 12.3. The van der Waals surface area contributed by atoms with E-state index in [1.807, 2.05) is 4.90 Å². The first kappa shape index (κ1) is 17.7. The number of likely N-dealkylation sites (tertiary alicyclic amines) is 1. The first-order valence-corrected chi connectivity index (χ1v) is 7.76. The predicted octanol–water partition coefficient (Wildman–Crippen LogP) is 2.07. The Hall–Kier alpha value is -0.320. The third kappa shape index (κ3) is 5.23. The third-order valence-electron chi connectivity index (χ3n) is 4.30. The molecule has 2 saturated heterocycles. The van der Waals surface area contributed by atoms with E-state index in [1.165, 1.54) is 25.7 Å². The number of nitrogens with zero attached hydrogens (tertiary/aromatic N) is 1. The summed E-state index contributed by atoms with van der Waals surface area (Å²) in [4.78, 5) is 14.3. The Morgan fingerprint density at radius 1 is 1.35 bits per heavy atom. The lowest BCUT2D eigenvalue weighted by Gasteiger charge is -2.35. The van der Waals surface area contributed by atoms with Crippen molar-refractivity contribution in [1.82, 2.24) is 10.2 Å². The summed E-state index contributed by atoms with van der Waals surface area (Å²) in [6, 6.07) is -0.110. The van der Waals surface area contributed by atoms with E-state index in [1.54, 1.807) is 0 Å². The molecule has 0 aromatic rings. The van der Waals surface area contributed by atoms with Crippen LogP contribution in [0.3, 0.4) is 0 Å². The van der Waals surface area contributed by atoms with Gasteiger partial charge in [-0.25, -0.2) is 0 Å². The molecule has 20 heavy (non-hydrogen) atoms. The van der Waals surface area contributed by atoms with Gasteiger partial charge in [0.1, 0.15) is 6.04 Å². The molecule has 2 fully saturated rings. The molecule has 1 amide bonds. The van der Waals surface area contributed by atoms with Crippen molar-refractivity contribution in [3.63, 3.8) is 0 Å². The van der Waals surface area contributed by atoms with Crippen LogP contribution in [-0.2, 0) is 9.53 Å². The minimum Gasteiger partial charge on any atom is -0.378 e. The molecule has 0 spiro atoms. The fourth-order valence-corrected chi connectivity index (χ4v) is 2.96. The molecule has 5 heteroatoms. The molecule has 1 atom stereocenters. The second-order valence-corrected chi connectivity index (χ2v) is 6.32. The molecule has 2 rings (SSSR count). The van der Waals surface area contributed by atoms with Gasteiger partial charge in [-0.1, -0.05) is 26.7 Å². The van der Waals surface area contributed by atoms with E-state index in [0.717, 1.165) is 38.1 Å². The summed E-state index contributed by atoms with van der Waals surface area (Å²) in [5, 5.41) is 3.25. The predicted molar refractivity (Wildman–Crippen MR) is 83.2 cm³/mol. The smallest absolute Gasteiger partial charge is 0.242 e. The van der Waals surface area contributed by atoms with E-state index in [4.69, 9.17) is 4.74 Å². The van der Waals surface area contributed by atoms with E-state index >= 15 is 0 Å². The van der Waals surface area contributed by atoms with Crippen LogP contribution < -0.4 is 5.32 Å². The third-order valence-corrected chi connectivity index (χ3v) is 4.30. The number of carbonyl (C=O) groups is 1. The van der Waals surface area contributed by atoms with Crippen LogP contribution in [0.1, 0.15) is 39.5 Å². The van der Waals surface area contributed by atoms with Crippen molar-refractivity contribution < 1.29 is 9.53 Å². The maximum Gasteiger partial charge on any atom is 0.242 e. The Labute approximate surface area is 129 Å². The SMILES string of the molecule is CC(C)CCC1CCN(C(=O)C2COCCN2)CC1.Cl. The van der Waals surface area contributed by atoms with Gasteiger partial charge in [0.15, 0.2) is 0 Å². The molecular formula is C15H29ClN2O2. The summed E-state index contributed by atoms with van der Waals surface area (Å²) in [5.41, 5.74) is 0. The number of rotatable bonds is 4. The van der Waals surface area contributed by atoms with Crippen molar-refractivity contribution in [3.05, 3.63) is 0 Å². The Morgan fingerprint density at radius 3 is 2.60 bits per heavy atom. The molecule has 0 aliphatic carbocycles. The van der Waals surface area contributed by atoms with Crippen LogP contribution in [-0.4, -0.2) is 49.7 Å². The number of hydrogen-bond acceptors (Lipinski definition) is 3. The zero-order valence-electron chi connectivity index (χ0n) is 12.8. The van der Waals surface area contributed by atoms with Crippen LogP contribution in [0.5, 0.6) is 0 Å². The van der Waals surface area contributed by atoms with Crippen molar-refractivity contribution in [1.29, 1.82) is 0 Å². The Balaban J connectivity index is 0.00000200. The van der Waals surface area contributed by atoms with Crippen molar-refractivity contribution in [2.75, 3.05) is 32.8 Å². The molecule has 4 nitrogen and oxygen atoms in total. The summed E-state index contributed by atoms with van der Waals surface area (Å²) in [6.07, 6.45) is 4.99. The normalized spacial score (nSPS) is 24.6. The van der Waals surface area contributed by atoms with Gasteiger partial charge in [-0.2, -0.15) is 0 Å². The maximum atomic E-state index is 12.3. The molecule has 0 radical (unpaired) electrons. The average Bonchev–Trinajstić information content (AvgIpc) is 2.46. The zero-order chi connectivity index (χ0) is 13.7. The topological polar surface area (TPSA) is 41.6 Å². The lowest BCUT2D eigenvalue weighted by atomic mass is 9.89. The van der Waals surface area contributed by atoms with Gasteiger partial charge in [0, 0.05) is 19.6 Å². The largest absolute Gasteiger partial charge is 0.378 e. The number of nitrogens with one attached hydrogen (secondary N) is 1. The van der Waals surface area contributed by atoms with Gasteiger partial charge < -0.3 is 15.0 Å². The van der Waals surface area contributed by atoms with Crippen molar-refractivity contribution in [2.24, 2.45) is 11.8 Å². The quantitative estimate of drug-likeness (QED) is 0.864. The summed E-state index contributed by atoms with van der Waals surface area (Å²) in [5.74, 6) is 1.85. The van der Waals surface area contributed by atoms with Crippen molar-refractivity contribution in [2.45, 2.75) is 45.6 Å². The van der Waals surface area contributed by atoms with Crippen LogP contribution in [0.25, 0.3) is 0 Å². The zero-order valence-corrected chi connectivity index (χ0v) is 13.6. The fourth-order valence-electron chi connectivity index (χ4n) is 2.96. The molecule has 2 aliphatic rings. The lowest BCUT2D eigenvalue weighted by molar-refractivity contribution is -0.137. The highest BCUT2D eigenvalue weighted by Gasteiger charge is 2.29. The summed E-state index contributed by atoms with van der Waals surface area (Å²) in [6.45, 7) is 8.48. The van der Waals surface area contributed by atoms with Crippen LogP contribution in [0.4, 0.5) is 0 Å². The molecule has 2 heterocycles. The number of ether oxygens (including phenoxy) is 1. The minimum absolute atomic E-state index is 0. The number of halogens is 1. The van der Waals surface area contributed by atoms with E-state index < -0.39 is 0 Å². The van der Waals surface area contributed by atoms with E-state index in [2.05, 4.69) is 19.2 Å². The number of amides is 1. The minimum atomic E-state index is -0.110. The molecule has 118 valence electrons. The number of hydrogen-bond donors (Lipinski definition) is 1. The van der Waals surface area contributed by atoms with E-state index in [0.29, 0.717) is 6.61 Å². The fraction of sp³-hybridized carbons (Fsp3) is 0.933. The first-order valence-electron chi connectivity index (χ1n) is 7.76. The van der Waals surface area contributed by atoms with Gasteiger partial charge in [0.2, 0.25) is 5.91 Å². The molecule has 1 unspecified atom stereocenters. The summed E-state index contributed by atoms with van der Waals surface area (Å²) in [7, 11) is 0. The Bertz CT molecular complexity index is 286. The number of carbonyl (C=O) groups excluding carboxylic acids is 1. The van der Waals surface area contributed by atoms with Gasteiger partial charge in [0.05, 0.1) is 13.2 Å². The van der Waals surface area contributed by atoms with E-state index in [-0.39, 0.29) is 24.4 Å². The molecule has 1 N–H and O–H groups in total. The standard InChI is InChI=1S/C15H28N2O2.ClH/c1-12(2)3-4-13-5-8-17(9-6-13)15(18)14-11-19-10-7-16-14;/h12-14,16H,3-11H2,1-2H3;1H. The van der Waals surface area contributed by atoms with Crippen molar-refractivity contribution >= 4 is 18.3 Å². The summed E-state index contributed by atoms with van der Waals surface area (Å²) < 4.78 is 5.37. The molecule has 0 aromatic heterocycles. The second-order valence-electron chi connectivity index (χ2n) is 6.32. The van der Waals surface area contributed by atoms with Crippen LogP contribution >= 0.6 is 12.4 Å². The first-order chi connectivity index (χ1) is 9.16. The molecular weight excluding hydrogens is 276 g/mol. The van der Waals surface area contributed by atoms with Gasteiger partial charge >= 0.3 is 0 Å². The Kier molecular flexibility index (Phi) is 7.85. The van der Waals surface area contributed by atoms with E-state index in [9.17, 15) is 4.79 Å². The van der Waals surface area contributed by atoms with Crippen LogP contribution in [0, 0.1) is 11.8 Å². The number of morpholine rings is 1. The highest BCUT2D eigenvalue weighted by atomic mass is 35.5. The Morgan fingerprint density at radius 2 is 2.05 bits per heavy atom. The molecule has 0 aromatic carbocycles. The van der Waals surface area contributed by atoms with Gasteiger partial charge in [0.25, 0.3) is 0 Å². The molecule has 2 aliphatic heterocycles. The number of piperidine rings is 1. The highest BCUT2D eigenvalue weighted by molar-refractivity contribution is 5.85. The van der Waals surface area contributed by atoms with Crippen LogP contribution in [0.2, 0.25) is 0 Å². The van der Waals surface area contributed by atoms with Gasteiger partial charge in [-0.05, 0) is 24.7 Å².